The van der Waals surface area contributed by atoms with Crippen LogP contribution in [0, 0.1) is 6.92 Å². The quantitative estimate of drug-likeness (QED) is 0.715. The predicted molar refractivity (Wildman–Crippen MR) is 71.6 cm³/mol. The number of aromatic nitrogens is 4. The molecule has 0 radical (unpaired) electrons. The number of benzene rings is 1. The summed E-state index contributed by atoms with van der Waals surface area (Å²) in [6.07, 6.45) is 0. The van der Waals surface area contributed by atoms with Gasteiger partial charge in [0.05, 0.1) is 5.69 Å². The fourth-order valence-electron chi connectivity index (χ4n) is 1.84. The molecular formula is C12H11N5S. The molecule has 0 fully saturated rings. The maximum Gasteiger partial charge on any atom is 0.187 e. The Morgan fingerprint density at radius 2 is 2.17 bits per heavy atom. The minimum absolute atomic E-state index is 0.728. The van der Waals surface area contributed by atoms with E-state index in [1.165, 1.54) is 0 Å². The lowest BCUT2D eigenvalue weighted by atomic mass is 10.1. The molecule has 2 aromatic heterocycles. The molecule has 3 aromatic rings. The number of nitrogen functional groups attached to an aromatic ring is 1. The van der Waals surface area contributed by atoms with Crippen LogP contribution in [0.25, 0.3) is 17.1 Å². The molecule has 0 saturated carbocycles. The Kier molecular flexibility index (Phi) is 2.56. The van der Waals surface area contributed by atoms with Gasteiger partial charge in [0.1, 0.15) is 0 Å². The second kappa shape index (κ2) is 4.23. The molecule has 0 aliphatic carbocycles. The topological polar surface area (TPSA) is 69.6 Å². The highest BCUT2D eigenvalue weighted by atomic mass is 32.1. The van der Waals surface area contributed by atoms with E-state index in [9.17, 15) is 0 Å². The first-order valence-electron chi connectivity index (χ1n) is 5.43. The number of nitrogens with two attached hydrogens (primary N) is 1. The highest BCUT2D eigenvalue weighted by Crippen LogP contribution is 2.25. The van der Waals surface area contributed by atoms with Crippen molar-refractivity contribution in [2.24, 2.45) is 0 Å². The smallest absolute Gasteiger partial charge is 0.187 e. The third-order valence-electron chi connectivity index (χ3n) is 2.71. The lowest BCUT2D eigenvalue weighted by molar-refractivity contribution is 0.793. The van der Waals surface area contributed by atoms with E-state index in [1.807, 2.05) is 41.9 Å². The standard InChI is InChI=1S/C12H11N5S/c1-8-6-9(13)2-3-11(8)12-14-15-16-17(12)10-4-5-18-7-10/h2-7H,13H2,1H3. The summed E-state index contributed by atoms with van der Waals surface area (Å²) in [6, 6.07) is 7.70. The molecule has 0 aliphatic heterocycles. The van der Waals surface area contributed by atoms with E-state index in [1.54, 1.807) is 16.0 Å². The van der Waals surface area contributed by atoms with Gasteiger partial charge in [-0.15, -0.1) is 5.10 Å². The van der Waals surface area contributed by atoms with Gasteiger partial charge in [0.25, 0.3) is 0 Å². The van der Waals surface area contributed by atoms with Crippen molar-refractivity contribution < 1.29 is 0 Å². The number of rotatable bonds is 2. The van der Waals surface area contributed by atoms with Crippen molar-refractivity contribution in [3.05, 3.63) is 40.6 Å². The van der Waals surface area contributed by atoms with E-state index in [2.05, 4.69) is 15.5 Å². The van der Waals surface area contributed by atoms with Gasteiger partial charge >= 0.3 is 0 Å². The maximum absolute atomic E-state index is 5.76. The molecule has 0 bridgehead atoms. The summed E-state index contributed by atoms with van der Waals surface area (Å²) in [5, 5.41) is 15.9. The van der Waals surface area contributed by atoms with E-state index in [4.69, 9.17) is 5.73 Å². The fourth-order valence-corrected chi connectivity index (χ4v) is 2.46. The largest absolute Gasteiger partial charge is 0.399 e. The summed E-state index contributed by atoms with van der Waals surface area (Å²) in [5.74, 6) is 0.728. The van der Waals surface area contributed by atoms with E-state index < -0.39 is 0 Å². The van der Waals surface area contributed by atoms with Gasteiger partial charge in [-0.25, -0.2) is 0 Å². The molecule has 0 atom stereocenters. The molecule has 1 aromatic carbocycles. The number of hydrogen-bond donors (Lipinski definition) is 1. The van der Waals surface area contributed by atoms with Crippen molar-refractivity contribution >= 4 is 17.0 Å². The van der Waals surface area contributed by atoms with Gasteiger partial charge < -0.3 is 5.73 Å². The lowest BCUT2D eigenvalue weighted by Gasteiger charge is -2.06. The first-order chi connectivity index (χ1) is 8.75. The molecule has 0 unspecified atom stereocenters. The van der Waals surface area contributed by atoms with Crippen molar-refractivity contribution in [2.75, 3.05) is 5.73 Å². The molecule has 0 aliphatic rings. The van der Waals surface area contributed by atoms with Crippen LogP contribution in [0.5, 0.6) is 0 Å². The Labute approximate surface area is 108 Å². The zero-order chi connectivity index (χ0) is 12.5. The lowest BCUT2D eigenvalue weighted by Crippen LogP contribution is -1.99. The molecule has 0 spiro atoms. The Morgan fingerprint density at radius 3 is 2.89 bits per heavy atom. The van der Waals surface area contributed by atoms with Crippen molar-refractivity contribution in [3.63, 3.8) is 0 Å². The van der Waals surface area contributed by atoms with Gasteiger partial charge in [0.2, 0.25) is 0 Å². The van der Waals surface area contributed by atoms with Crippen molar-refractivity contribution in [1.82, 2.24) is 20.2 Å². The average molecular weight is 257 g/mol. The van der Waals surface area contributed by atoms with E-state index in [0.717, 1.165) is 28.3 Å². The summed E-state index contributed by atoms with van der Waals surface area (Å²) < 4.78 is 1.73. The number of thiophene rings is 1. The summed E-state index contributed by atoms with van der Waals surface area (Å²) in [7, 11) is 0. The van der Waals surface area contributed by atoms with Gasteiger partial charge in [0, 0.05) is 16.6 Å². The minimum atomic E-state index is 0.728. The zero-order valence-corrected chi connectivity index (χ0v) is 10.6. The van der Waals surface area contributed by atoms with Gasteiger partial charge in [-0.1, -0.05) is 0 Å². The third kappa shape index (κ3) is 1.76. The third-order valence-corrected chi connectivity index (χ3v) is 3.38. The number of nitrogens with zero attached hydrogens (tertiary/aromatic N) is 4. The Morgan fingerprint density at radius 1 is 1.28 bits per heavy atom. The Balaban J connectivity index is 2.16. The first-order valence-corrected chi connectivity index (χ1v) is 6.37. The molecule has 0 saturated heterocycles. The monoisotopic (exact) mass is 257 g/mol. The molecule has 0 amide bonds. The van der Waals surface area contributed by atoms with E-state index >= 15 is 0 Å². The van der Waals surface area contributed by atoms with Crippen LogP contribution in [0.15, 0.2) is 35.0 Å². The summed E-state index contributed by atoms with van der Waals surface area (Å²) in [5.41, 5.74) is 9.51. The van der Waals surface area contributed by atoms with Crippen molar-refractivity contribution in [1.29, 1.82) is 0 Å². The molecule has 2 N–H and O–H groups in total. The highest BCUT2D eigenvalue weighted by molar-refractivity contribution is 7.08. The predicted octanol–water partition coefficient (Wildman–Crippen LogP) is 2.28. The van der Waals surface area contributed by atoms with Crippen molar-refractivity contribution in [2.45, 2.75) is 6.92 Å². The Bertz CT molecular complexity index is 672. The summed E-state index contributed by atoms with van der Waals surface area (Å²) >= 11 is 1.61. The van der Waals surface area contributed by atoms with Crippen LogP contribution in [-0.2, 0) is 0 Å². The minimum Gasteiger partial charge on any atom is -0.399 e. The van der Waals surface area contributed by atoms with Crippen LogP contribution >= 0.6 is 11.3 Å². The number of tetrazole rings is 1. The summed E-state index contributed by atoms with van der Waals surface area (Å²) in [4.78, 5) is 0. The molecule has 90 valence electrons. The summed E-state index contributed by atoms with van der Waals surface area (Å²) in [6.45, 7) is 2.00. The molecular weight excluding hydrogens is 246 g/mol. The molecule has 18 heavy (non-hydrogen) atoms. The average Bonchev–Trinajstić information content (AvgIpc) is 2.98. The SMILES string of the molecule is Cc1cc(N)ccc1-c1nnnn1-c1ccsc1. The van der Waals surface area contributed by atoms with Crippen LogP contribution in [0.4, 0.5) is 5.69 Å². The van der Waals surface area contributed by atoms with Crippen LogP contribution in [0.1, 0.15) is 5.56 Å². The van der Waals surface area contributed by atoms with Crippen molar-refractivity contribution in [3.8, 4) is 17.1 Å². The van der Waals surface area contributed by atoms with Gasteiger partial charge in [-0.3, -0.25) is 0 Å². The van der Waals surface area contributed by atoms with Gasteiger partial charge in [0.15, 0.2) is 5.82 Å². The Hall–Kier alpha value is -2.21. The van der Waals surface area contributed by atoms with E-state index in [0.29, 0.717) is 0 Å². The second-order valence-corrected chi connectivity index (χ2v) is 4.75. The zero-order valence-electron chi connectivity index (χ0n) is 9.74. The van der Waals surface area contributed by atoms with Crippen LogP contribution in [0.2, 0.25) is 0 Å². The number of anilines is 1. The molecule has 3 rings (SSSR count). The first kappa shape index (κ1) is 10.9. The van der Waals surface area contributed by atoms with Gasteiger partial charge in [-0.2, -0.15) is 16.0 Å². The van der Waals surface area contributed by atoms with Crippen LogP contribution < -0.4 is 5.73 Å². The van der Waals surface area contributed by atoms with Crippen LogP contribution in [-0.4, -0.2) is 20.2 Å². The normalized spacial score (nSPS) is 10.7. The number of hydrogen-bond acceptors (Lipinski definition) is 5. The molecule has 6 heteroatoms. The fraction of sp³-hybridized carbons (Fsp3) is 0.0833. The maximum atomic E-state index is 5.76. The van der Waals surface area contributed by atoms with E-state index in [-0.39, 0.29) is 0 Å². The van der Waals surface area contributed by atoms with Gasteiger partial charge in [-0.05, 0) is 52.6 Å². The molecule has 2 heterocycles. The highest BCUT2D eigenvalue weighted by Gasteiger charge is 2.13. The number of aryl methyl sites for hydroxylation is 1. The van der Waals surface area contributed by atoms with Crippen LogP contribution in [0.3, 0.4) is 0 Å². The second-order valence-electron chi connectivity index (χ2n) is 3.97. The molecule has 5 nitrogen and oxygen atoms in total.